The summed E-state index contributed by atoms with van der Waals surface area (Å²) in [6.07, 6.45) is 2.65. The van der Waals surface area contributed by atoms with Crippen LogP contribution in [0.25, 0.3) is 0 Å². The Labute approximate surface area is 135 Å². The molecule has 1 aromatic rings. The SMILES string of the molecule is CN1CCN(CCCCC(=O)Nc2ccc(Br)cc2)CC1. The van der Waals surface area contributed by atoms with Gasteiger partial charge < -0.3 is 15.1 Å². The second-order valence-electron chi connectivity index (χ2n) is 5.66. The number of benzene rings is 1. The lowest BCUT2D eigenvalue weighted by Crippen LogP contribution is -2.44. The summed E-state index contributed by atoms with van der Waals surface area (Å²) >= 11 is 3.38. The van der Waals surface area contributed by atoms with Crippen LogP contribution in [0.3, 0.4) is 0 Å². The highest BCUT2D eigenvalue weighted by molar-refractivity contribution is 9.10. The molecule has 1 N–H and O–H groups in total. The van der Waals surface area contributed by atoms with E-state index in [2.05, 4.69) is 38.1 Å². The standard InChI is InChI=1S/C16H24BrN3O/c1-19-10-12-20(13-11-19)9-3-2-4-16(21)18-15-7-5-14(17)6-8-15/h5-8H,2-4,9-13H2,1H3,(H,18,21). The summed E-state index contributed by atoms with van der Waals surface area (Å²) in [5.41, 5.74) is 0.863. The largest absolute Gasteiger partial charge is 0.326 e. The number of piperazine rings is 1. The highest BCUT2D eigenvalue weighted by atomic mass is 79.9. The lowest BCUT2D eigenvalue weighted by molar-refractivity contribution is -0.116. The van der Waals surface area contributed by atoms with Crippen molar-refractivity contribution in [2.75, 3.05) is 45.1 Å². The molecular formula is C16H24BrN3O. The smallest absolute Gasteiger partial charge is 0.224 e. The quantitative estimate of drug-likeness (QED) is 0.798. The highest BCUT2D eigenvalue weighted by Crippen LogP contribution is 2.14. The van der Waals surface area contributed by atoms with Gasteiger partial charge in [0, 0.05) is 42.8 Å². The number of hydrogen-bond acceptors (Lipinski definition) is 3. The van der Waals surface area contributed by atoms with E-state index >= 15 is 0 Å². The van der Waals surface area contributed by atoms with Crippen LogP contribution in [0.2, 0.25) is 0 Å². The summed E-state index contributed by atoms with van der Waals surface area (Å²) in [4.78, 5) is 16.7. The number of rotatable bonds is 6. The summed E-state index contributed by atoms with van der Waals surface area (Å²) in [5.74, 6) is 0.107. The minimum Gasteiger partial charge on any atom is -0.326 e. The van der Waals surface area contributed by atoms with Gasteiger partial charge in [0.2, 0.25) is 5.91 Å². The first kappa shape index (κ1) is 16.5. The van der Waals surface area contributed by atoms with Crippen molar-refractivity contribution in [3.05, 3.63) is 28.7 Å². The van der Waals surface area contributed by atoms with Gasteiger partial charge in [0.05, 0.1) is 0 Å². The maximum atomic E-state index is 11.8. The second-order valence-corrected chi connectivity index (χ2v) is 6.57. The average Bonchev–Trinajstić information content (AvgIpc) is 2.48. The van der Waals surface area contributed by atoms with Crippen molar-refractivity contribution in [1.29, 1.82) is 0 Å². The van der Waals surface area contributed by atoms with Crippen LogP contribution >= 0.6 is 15.9 Å². The van der Waals surface area contributed by atoms with Gasteiger partial charge in [-0.05, 0) is 50.7 Å². The first-order valence-electron chi connectivity index (χ1n) is 7.60. The van der Waals surface area contributed by atoms with E-state index in [9.17, 15) is 4.79 Å². The fourth-order valence-corrected chi connectivity index (χ4v) is 2.71. The number of hydrogen-bond donors (Lipinski definition) is 1. The van der Waals surface area contributed by atoms with Crippen molar-refractivity contribution in [2.45, 2.75) is 19.3 Å². The Kier molecular flexibility index (Phi) is 6.67. The summed E-state index contributed by atoms with van der Waals surface area (Å²) in [7, 11) is 2.17. The molecule has 2 rings (SSSR count). The van der Waals surface area contributed by atoms with Crippen LogP contribution in [0.5, 0.6) is 0 Å². The average molecular weight is 354 g/mol. The number of anilines is 1. The van der Waals surface area contributed by atoms with E-state index in [-0.39, 0.29) is 5.91 Å². The minimum atomic E-state index is 0.107. The van der Waals surface area contributed by atoms with Gasteiger partial charge in [-0.3, -0.25) is 4.79 Å². The second kappa shape index (κ2) is 8.51. The van der Waals surface area contributed by atoms with Crippen LogP contribution < -0.4 is 5.32 Å². The van der Waals surface area contributed by atoms with E-state index in [0.29, 0.717) is 6.42 Å². The molecule has 0 saturated carbocycles. The number of nitrogens with zero attached hydrogens (tertiary/aromatic N) is 2. The van der Waals surface area contributed by atoms with Crippen LogP contribution in [0, 0.1) is 0 Å². The predicted molar refractivity (Wildman–Crippen MR) is 90.6 cm³/mol. The zero-order chi connectivity index (χ0) is 15.1. The molecule has 1 heterocycles. The number of halogens is 1. The fraction of sp³-hybridized carbons (Fsp3) is 0.562. The third-order valence-electron chi connectivity index (χ3n) is 3.85. The normalized spacial score (nSPS) is 16.9. The Balaban J connectivity index is 1.58. The van der Waals surface area contributed by atoms with E-state index < -0.39 is 0 Å². The Hall–Kier alpha value is -0.910. The van der Waals surface area contributed by atoms with Gasteiger partial charge >= 0.3 is 0 Å². The van der Waals surface area contributed by atoms with Crippen molar-refractivity contribution in [2.24, 2.45) is 0 Å². The molecule has 4 nitrogen and oxygen atoms in total. The van der Waals surface area contributed by atoms with Crippen LogP contribution in [-0.4, -0.2) is 55.5 Å². The number of carbonyl (C=O) groups is 1. The fourth-order valence-electron chi connectivity index (χ4n) is 2.45. The molecule has 0 aromatic heterocycles. The number of carbonyl (C=O) groups excluding carboxylic acids is 1. The third-order valence-corrected chi connectivity index (χ3v) is 4.38. The molecule has 0 radical (unpaired) electrons. The topological polar surface area (TPSA) is 35.6 Å². The number of unbranched alkanes of at least 4 members (excludes halogenated alkanes) is 1. The number of nitrogens with one attached hydrogen (secondary N) is 1. The lowest BCUT2D eigenvalue weighted by atomic mass is 10.2. The van der Waals surface area contributed by atoms with Gasteiger partial charge in [-0.15, -0.1) is 0 Å². The van der Waals surface area contributed by atoms with E-state index in [4.69, 9.17) is 0 Å². The molecule has 0 aliphatic carbocycles. The van der Waals surface area contributed by atoms with Crippen LogP contribution in [-0.2, 0) is 4.79 Å². The molecule has 1 aromatic carbocycles. The van der Waals surface area contributed by atoms with Crippen molar-refractivity contribution in [1.82, 2.24) is 9.80 Å². The molecule has 0 spiro atoms. The van der Waals surface area contributed by atoms with Gasteiger partial charge in [-0.2, -0.15) is 0 Å². The van der Waals surface area contributed by atoms with Gasteiger partial charge in [-0.25, -0.2) is 0 Å². The van der Waals surface area contributed by atoms with Crippen molar-refractivity contribution >= 4 is 27.5 Å². The molecule has 1 aliphatic rings. The van der Waals surface area contributed by atoms with Crippen LogP contribution in [0.1, 0.15) is 19.3 Å². The predicted octanol–water partition coefficient (Wildman–Crippen LogP) is 2.81. The van der Waals surface area contributed by atoms with Gasteiger partial charge in [-0.1, -0.05) is 15.9 Å². The Morgan fingerprint density at radius 1 is 1.14 bits per heavy atom. The van der Waals surface area contributed by atoms with E-state index in [1.165, 1.54) is 0 Å². The molecule has 0 unspecified atom stereocenters. The van der Waals surface area contributed by atoms with Crippen molar-refractivity contribution in [3.63, 3.8) is 0 Å². The van der Waals surface area contributed by atoms with E-state index in [1.54, 1.807) is 0 Å². The first-order chi connectivity index (χ1) is 10.1. The maximum absolute atomic E-state index is 11.8. The molecule has 21 heavy (non-hydrogen) atoms. The summed E-state index contributed by atoms with van der Waals surface area (Å²) < 4.78 is 1.02. The zero-order valence-corrected chi connectivity index (χ0v) is 14.2. The first-order valence-corrected chi connectivity index (χ1v) is 8.39. The van der Waals surface area contributed by atoms with Gasteiger partial charge in [0.1, 0.15) is 0 Å². The molecule has 1 aliphatic heterocycles. The molecule has 1 amide bonds. The molecule has 1 fully saturated rings. The van der Waals surface area contributed by atoms with E-state index in [1.807, 2.05) is 24.3 Å². The van der Waals surface area contributed by atoms with Crippen LogP contribution in [0.15, 0.2) is 28.7 Å². The molecular weight excluding hydrogens is 330 g/mol. The zero-order valence-electron chi connectivity index (χ0n) is 12.6. The third kappa shape index (κ3) is 6.16. The summed E-state index contributed by atoms with van der Waals surface area (Å²) in [5, 5.41) is 2.93. The molecule has 0 bridgehead atoms. The highest BCUT2D eigenvalue weighted by Gasteiger charge is 2.13. The van der Waals surface area contributed by atoms with E-state index in [0.717, 1.165) is 55.7 Å². The maximum Gasteiger partial charge on any atom is 0.224 e. The molecule has 1 saturated heterocycles. The van der Waals surface area contributed by atoms with Gasteiger partial charge in [0.15, 0.2) is 0 Å². The minimum absolute atomic E-state index is 0.107. The molecule has 0 atom stereocenters. The molecule has 116 valence electrons. The Bertz CT molecular complexity index is 441. The van der Waals surface area contributed by atoms with Gasteiger partial charge in [0.25, 0.3) is 0 Å². The number of amides is 1. The van der Waals surface area contributed by atoms with Crippen molar-refractivity contribution in [3.8, 4) is 0 Å². The molecule has 5 heteroatoms. The Morgan fingerprint density at radius 2 is 1.81 bits per heavy atom. The van der Waals surface area contributed by atoms with Crippen LogP contribution in [0.4, 0.5) is 5.69 Å². The van der Waals surface area contributed by atoms with Crippen molar-refractivity contribution < 1.29 is 4.79 Å². The Morgan fingerprint density at radius 3 is 2.48 bits per heavy atom. The monoisotopic (exact) mass is 353 g/mol. The number of likely N-dealkylation sites (N-methyl/N-ethyl adjacent to an activating group) is 1. The summed E-state index contributed by atoms with van der Waals surface area (Å²) in [6, 6.07) is 7.68. The summed E-state index contributed by atoms with van der Waals surface area (Å²) in [6.45, 7) is 5.73. The lowest BCUT2D eigenvalue weighted by Gasteiger charge is -2.32.